The van der Waals surface area contributed by atoms with Crippen molar-refractivity contribution in [3.63, 3.8) is 0 Å². The number of carbonyl (C=O) groups is 1. The third-order valence-corrected chi connectivity index (χ3v) is 3.28. The summed E-state index contributed by atoms with van der Waals surface area (Å²) in [7, 11) is 1.47. The maximum Gasteiger partial charge on any atom is 0.236 e. The van der Waals surface area contributed by atoms with Gasteiger partial charge in [0.05, 0.1) is 19.3 Å². The van der Waals surface area contributed by atoms with E-state index in [1.165, 1.54) is 7.11 Å². The highest BCUT2D eigenvalue weighted by atomic mass is 16.5. The number of rotatable bonds is 14. The summed E-state index contributed by atoms with van der Waals surface area (Å²) in [6.45, 7) is 0.432. The zero-order valence-corrected chi connectivity index (χ0v) is 13.3. The molecule has 10 nitrogen and oxygen atoms in total. The molecule has 0 aliphatic rings. The number of aliphatic hydroxyl groups excluding tert-OH is 5. The van der Waals surface area contributed by atoms with Gasteiger partial charge in [-0.25, -0.2) is 0 Å². The Morgan fingerprint density at radius 2 is 1.74 bits per heavy atom. The standard InChI is InChI=1S/C13H29N3O7/c1-23-7-8(13(14)22)16-4-2-3-15-5-9(18)11(20)12(21)10(19)6-17/h8-12,15-21H,2-7H2,1H3,(H2,14,22)/t8-,9-,10+,11+,12+/m0/s1. The van der Waals surface area contributed by atoms with E-state index in [1.54, 1.807) is 0 Å². The quantitative estimate of drug-likeness (QED) is 0.145. The zero-order valence-electron chi connectivity index (χ0n) is 13.3. The van der Waals surface area contributed by atoms with Gasteiger partial charge in [0.15, 0.2) is 0 Å². The van der Waals surface area contributed by atoms with Gasteiger partial charge < -0.3 is 46.6 Å². The number of methoxy groups -OCH3 is 1. The van der Waals surface area contributed by atoms with E-state index in [0.29, 0.717) is 19.5 Å². The van der Waals surface area contributed by atoms with Crippen LogP contribution in [-0.4, -0.2) is 102 Å². The van der Waals surface area contributed by atoms with Gasteiger partial charge in [-0.15, -0.1) is 0 Å². The van der Waals surface area contributed by atoms with Gasteiger partial charge in [-0.05, 0) is 19.5 Å². The molecule has 0 fully saturated rings. The van der Waals surface area contributed by atoms with E-state index in [0.717, 1.165) is 0 Å². The van der Waals surface area contributed by atoms with E-state index in [2.05, 4.69) is 10.6 Å². The Morgan fingerprint density at radius 3 is 2.26 bits per heavy atom. The molecule has 0 aliphatic heterocycles. The molecule has 9 N–H and O–H groups in total. The number of primary amides is 1. The minimum Gasteiger partial charge on any atom is -0.394 e. The lowest BCUT2D eigenvalue weighted by atomic mass is 10.0. The van der Waals surface area contributed by atoms with Crippen molar-refractivity contribution in [1.82, 2.24) is 10.6 Å². The van der Waals surface area contributed by atoms with Crippen molar-refractivity contribution in [1.29, 1.82) is 0 Å². The molecular weight excluding hydrogens is 310 g/mol. The SMILES string of the molecule is COC[C@H](NCCCNC[C@H](O)[C@@H](O)[C@H](O)[C@H](O)CO)C(N)=O. The topological polar surface area (TPSA) is 178 Å². The lowest BCUT2D eigenvalue weighted by molar-refractivity contribution is -0.121. The third kappa shape index (κ3) is 9.13. The molecule has 0 aromatic rings. The Hall–Kier alpha value is -0.850. The zero-order chi connectivity index (χ0) is 17.8. The first-order chi connectivity index (χ1) is 10.8. The highest BCUT2D eigenvalue weighted by Gasteiger charge is 2.29. The third-order valence-electron chi connectivity index (χ3n) is 3.28. The molecule has 1 amide bonds. The second-order valence-corrected chi connectivity index (χ2v) is 5.22. The van der Waals surface area contributed by atoms with Crippen LogP contribution in [0.25, 0.3) is 0 Å². The monoisotopic (exact) mass is 339 g/mol. The predicted molar refractivity (Wildman–Crippen MR) is 81.5 cm³/mol. The molecule has 0 aliphatic carbocycles. The molecule has 5 atom stereocenters. The lowest BCUT2D eigenvalue weighted by Gasteiger charge is -2.25. The Labute approximate surface area is 135 Å². The minimum absolute atomic E-state index is 0.00626. The summed E-state index contributed by atoms with van der Waals surface area (Å²) >= 11 is 0. The van der Waals surface area contributed by atoms with Crippen LogP contribution in [0.4, 0.5) is 0 Å². The van der Waals surface area contributed by atoms with Crippen molar-refractivity contribution in [3.05, 3.63) is 0 Å². The summed E-state index contributed by atoms with van der Waals surface area (Å²) in [6, 6.07) is -0.567. The Kier molecular flexibility index (Phi) is 12.1. The molecule has 0 aromatic heterocycles. The fraction of sp³-hybridized carbons (Fsp3) is 0.923. The molecule has 138 valence electrons. The highest BCUT2D eigenvalue weighted by Crippen LogP contribution is 2.04. The van der Waals surface area contributed by atoms with Gasteiger partial charge in [0, 0.05) is 13.7 Å². The first kappa shape index (κ1) is 22.1. The summed E-state index contributed by atoms with van der Waals surface area (Å²) in [5.74, 6) is -0.505. The molecule has 0 bridgehead atoms. The van der Waals surface area contributed by atoms with E-state index in [-0.39, 0.29) is 13.2 Å². The number of hydrogen-bond donors (Lipinski definition) is 8. The number of ether oxygens (including phenoxy) is 1. The van der Waals surface area contributed by atoms with Crippen LogP contribution in [0.3, 0.4) is 0 Å². The average molecular weight is 339 g/mol. The van der Waals surface area contributed by atoms with Crippen LogP contribution in [0, 0.1) is 0 Å². The van der Waals surface area contributed by atoms with Gasteiger partial charge in [-0.3, -0.25) is 4.79 Å². The van der Waals surface area contributed by atoms with E-state index in [9.17, 15) is 25.2 Å². The highest BCUT2D eigenvalue weighted by molar-refractivity contribution is 5.79. The number of amides is 1. The second-order valence-electron chi connectivity index (χ2n) is 5.22. The molecule has 0 saturated carbocycles. The average Bonchev–Trinajstić information content (AvgIpc) is 2.54. The number of hydrogen-bond acceptors (Lipinski definition) is 9. The maximum absolute atomic E-state index is 11.1. The summed E-state index contributed by atoms with van der Waals surface area (Å²) in [5, 5.41) is 52.3. The molecule has 0 saturated heterocycles. The maximum atomic E-state index is 11.1. The summed E-state index contributed by atoms with van der Waals surface area (Å²) < 4.78 is 4.85. The molecule has 0 heterocycles. The largest absolute Gasteiger partial charge is 0.394 e. The normalized spacial score (nSPS) is 18.2. The van der Waals surface area contributed by atoms with Gasteiger partial charge in [0.25, 0.3) is 0 Å². The Bertz CT molecular complexity index is 322. The van der Waals surface area contributed by atoms with Crippen LogP contribution >= 0.6 is 0 Å². The van der Waals surface area contributed by atoms with Crippen molar-refractivity contribution >= 4 is 5.91 Å². The smallest absolute Gasteiger partial charge is 0.236 e. The fourth-order valence-corrected chi connectivity index (χ4v) is 1.83. The van der Waals surface area contributed by atoms with E-state index >= 15 is 0 Å². The van der Waals surface area contributed by atoms with Crippen molar-refractivity contribution in [2.24, 2.45) is 5.73 Å². The molecule has 0 spiro atoms. The first-order valence-electron chi connectivity index (χ1n) is 7.40. The van der Waals surface area contributed by atoms with E-state index < -0.39 is 43.0 Å². The van der Waals surface area contributed by atoms with Crippen LogP contribution < -0.4 is 16.4 Å². The number of nitrogens with one attached hydrogen (secondary N) is 2. The van der Waals surface area contributed by atoms with Gasteiger partial charge in [0.2, 0.25) is 5.91 Å². The number of nitrogens with two attached hydrogens (primary N) is 1. The Balaban J connectivity index is 3.84. The van der Waals surface area contributed by atoms with Crippen molar-refractivity contribution in [2.75, 3.05) is 40.0 Å². The molecule has 0 rings (SSSR count). The second kappa shape index (κ2) is 12.6. The predicted octanol–water partition coefficient (Wildman–Crippen LogP) is -4.51. The van der Waals surface area contributed by atoms with Crippen molar-refractivity contribution in [3.8, 4) is 0 Å². The molecular formula is C13H29N3O7. The van der Waals surface area contributed by atoms with Crippen LogP contribution in [0.1, 0.15) is 6.42 Å². The minimum atomic E-state index is -1.64. The molecule has 0 radical (unpaired) electrons. The van der Waals surface area contributed by atoms with Gasteiger partial charge in [-0.1, -0.05) is 0 Å². The van der Waals surface area contributed by atoms with E-state index in [4.69, 9.17) is 15.6 Å². The summed E-state index contributed by atoms with van der Waals surface area (Å²) in [5.41, 5.74) is 5.18. The Morgan fingerprint density at radius 1 is 1.13 bits per heavy atom. The van der Waals surface area contributed by atoms with Crippen LogP contribution in [0.5, 0.6) is 0 Å². The summed E-state index contributed by atoms with van der Waals surface area (Å²) in [4.78, 5) is 11.1. The molecule has 0 unspecified atom stereocenters. The molecule has 10 heteroatoms. The van der Waals surface area contributed by atoms with E-state index in [1.807, 2.05) is 0 Å². The van der Waals surface area contributed by atoms with Crippen LogP contribution in [0.2, 0.25) is 0 Å². The fourth-order valence-electron chi connectivity index (χ4n) is 1.83. The number of aliphatic hydroxyl groups is 5. The van der Waals surface area contributed by atoms with Crippen molar-refractivity contribution in [2.45, 2.75) is 36.9 Å². The first-order valence-corrected chi connectivity index (χ1v) is 7.40. The molecule has 0 aromatic carbocycles. The van der Waals surface area contributed by atoms with Crippen LogP contribution in [-0.2, 0) is 9.53 Å². The summed E-state index contributed by atoms with van der Waals surface area (Å²) in [6.07, 6.45) is -5.41. The lowest BCUT2D eigenvalue weighted by Crippen LogP contribution is -2.49. The van der Waals surface area contributed by atoms with Gasteiger partial charge in [0.1, 0.15) is 24.4 Å². The van der Waals surface area contributed by atoms with Gasteiger partial charge >= 0.3 is 0 Å². The number of carbonyl (C=O) groups excluding carboxylic acids is 1. The van der Waals surface area contributed by atoms with Crippen molar-refractivity contribution < 1.29 is 35.1 Å². The van der Waals surface area contributed by atoms with Gasteiger partial charge in [-0.2, -0.15) is 0 Å². The van der Waals surface area contributed by atoms with Crippen LogP contribution in [0.15, 0.2) is 0 Å². The molecule has 23 heavy (non-hydrogen) atoms.